The van der Waals surface area contributed by atoms with Crippen LogP contribution in [-0.2, 0) is 5.60 Å². The molecule has 1 unspecified atom stereocenters. The van der Waals surface area contributed by atoms with Gasteiger partial charge in [0, 0.05) is 11.3 Å². The number of benzene rings is 1. The first-order valence-corrected chi connectivity index (χ1v) is 6.76. The first-order chi connectivity index (χ1) is 8.87. The molecular formula is C17H22O2. The fourth-order valence-corrected chi connectivity index (χ4v) is 1.96. The zero-order valence-corrected chi connectivity index (χ0v) is 12.2. The molecule has 0 aliphatic heterocycles. The van der Waals surface area contributed by atoms with Crippen LogP contribution in [0.5, 0.6) is 5.75 Å². The van der Waals surface area contributed by atoms with Gasteiger partial charge in [0.2, 0.25) is 0 Å². The van der Waals surface area contributed by atoms with Gasteiger partial charge in [0.05, 0.1) is 7.11 Å². The van der Waals surface area contributed by atoms with Gasteiger partial charge in [0.25, 0.3) is 0 Å². The van der Waals surface area contributed by atoms with Crippen LogP contribution in [0.2, 0.25) is 0 Å². The molecular weight excluding hydrogens is 236 g/mol. The van der Waals surface area contributed by atoms with Crippen molar-refractivity contribution in [3.8, 4) is 17.6 Å². The summed E-state index contributed by atoms with van der Waals surface area (Å²) in [5.41, 5.74) is -0.639. The molecule has 1 aliphatic carbocycles. The molecule has 1 N–H and O–H groups in total. The zero-order chi connectivity index (χ0) is 14.1. The van der Waals surface area contributed by atoms with Crippen molar-refractivity contribution in [3.05, 3.63) is 29.8 Å². The normalized spacial score (nSPS) is 18.2. The van der Waals surface area contributed by atoms with Crippen molar-refractivity contribution in [3.63, 3.8) is 0 Å². The smallest absolute Gasteiger partial charge is 0.155 e. The minimum Gasteiger partial charge on any atom is -0.497 e. The van der Waals surface area contributed by atoms with Gasteiger partial charge >= 0.3 is 0 Å². The second-order valence-corrected chi connectivity index (χ2v) is 6.23. The van der Waals surface area contributed by atoms with Crippen molar-refractivity contribution in [1.82, 2.24) is 0 Å². The molecule has 2 nitrogen and oxygen atoms in total. The molecule has 1 atom stereocenters. The Balaban J connectivity index is 2.39. The number of rotatable bonds is 2. The van der Waals surface area contributed by atoms with E-state index in [-0.39, 0.29) is 5.41 Å². The van der Waals surface area contributed by atoms with E-state index in [9.17, 15) is 5.11 Å². The Morgan fingerprint density at radius 1 is 1.16 bits per heavy atom. The van der Waals surface area contributed by atoms with Crippen LogP contribution in [0.1, 0.15) is 39.2 Å². The molecule has 1 fully saturated rings. The molecule has 19 heavy (non-hydrogen) atoms. The quantitative estimate of drug-likeness (QED) is 0.824. The van der Waals surface area contributed by atoms with Crippen molar-refractivity contribution >= 4 is 0 Å². The molecule has 0 spiro atoms. The Kier molecular flexibility index (Phi) is 3.60. The highest BCUT2D eigenvalue weighted by molar-refractivity contribution is 5.38. The third-order valence-corrected chi connectivity index (χ3v) is 3.63. The van der Waals surface area contributed by atoms with Crippen LogP contribution in [0.25, 0.3) is 0 Å². The molecule has 0 saturated heterocycles. The van der Waals surface area contributed by atoms with Crippen molar-refractivity contribution in [2.45, 2.75) is 39.2 Å². The summed E-state index contributed by atoms with van der Waals surface area (Å²) in [5.74, 6) is 7.58. The van der Waals surface area contributed by atoms with Crippen molar-refractivity contribution < 1.29 is 9.84 Å². The Morgan fingerprint density at radius 2 is 1.74 bits per heavy atom. The van der Waals surface area contributed by atoms with E-state index in [1.165, 1.54) is 0 Å². The van der Waals surface area contributed by atoms with Crippen molar-refractivity contribution in [1.29, 1.82) is 0 Å². The lowest BCUT2D eigenvalue weighted by Gasteiger charge is -2.36. The summed E-state index contributed by atoms with van der Waals surface area (Å²) in [7, 11) is 1.64. The van der Waals surface area contributed by atoms with E-state index < -0.39 is 5.60 Å². The molecule has 0 heterocycles. The minimum absolute atomic E-state index is 0.344. The van der Waals surface area contributed by atoms with Gasteiger partial charge in [0.15, 0.2) is 5.60 Å². The Morgan fingerprint density at radius 3 is 2.16 bits per heavy atom. The van der Waals surface area contributed by atoms with Crippen LogP contribution < -0.4 is 4.74 Å². The summed E-state index contributed by atoms with van der Waals surface area (Å²) >= 11 is 0. The van der Waals surface area contributed by atoms with Gasteiger partial charge in [-0.1, -0.05) is 44.7 Å². The summed E-state index contributed by atoms with van der Waals surface area (Å²) in [6.07, 6.45) is 2.33. The highest BCUT2D eigenvalue weighted by Gasteiger charge is 2.40. The lowest BCUT2D eigenvalue weighted by Crippen LogP contribution is -2.38. The maximum Gasteiger partial charge on any atom is 0.155 e. The van der Waals surface area contributed by atoms with E-state index in [0.717, 1.165) is 24.2 Å². The van der Waals surface area contributed by atoms with Gasteiger partial charge in [-0.3, -0.25) is 0 Å². The molecule has 1 aromatic carbocycles. The largest absolute Gasteiger partial charge is 0.497 e. The molecule has 2 heteroatoms. The Bertz CT molecular complexity index is 495. The predicted molar refractivity (Wildman–Crippen MR) is 76.8 cm³/mol. The van der Waals surface area contributed by atoms with Crippen molar-refractivity contribution in [2.24, 2.45) is 11.3 Å². The van der Waals surface area contributed by atoms with Crippen LogP contribution in [0, 0.1) is 23.2 Å². The zero-order valence-electron chi connectivity index (χ0n) is 12.2. The van der Waals surface area contributed by atoms with Gasteiger partial charge in [-0.15, -0.1) is 0 Å². The molecule has 102 valence electrons. The average molecular weight is 258 g/mol. The van der Waals surface area contributed by atoms with Crippen LogP contribution in [0.4, 0.5) is 0 Å². The Labute approximate surface area is 115 Å². The highest BCUT2D eigenvalue weighted by Crippen LogP contribution is 2.40. The summed E-state index contributed by atoms with van der Waals surface area (Å²) in [4.78, 5) is 0. The number of hydrogen-bond acceptors (Lipinski definition) is 2. The summed E-state index contributed by atoms with van der Waals surface area (Å²) in [6.45, 7) is 6.04. The fraction of sp³-hybridized carbons (Fsp3) is 0.529. The average Bonchev–Trinajstić information content (AvgIpc) is 3.18. The summed E-state index contributed by atoms with van der Waals surface area (Å²) in [5, 5.41) is 11.0. The van der Waals surface area contributed by atoms with E-state index in [1.54, 1.807) is 7.11 Å². The second kappa shape index (κ2) is 4.90. The van der Waals surface area contributed by atoms with E-state index in [0.29, 0.717) is 5.92 Å². The van der Waals surface area contributed by atoms with Gasteiger partial charge in [-0.05, 0) is 30.5 Å². The third-order valence-electron chi connectivity index (χ3n) is 3.63. The van der Waals surface area contributed by atoms with Gasteiger partial charge in [-0.25, -0.2) is 0 Å². The number of hydrogen-bond donors (Lipinski definition) is 1. The molecule has 0 aromatic heterocycles. The van der Waals surface area contributed by atoms with E-state index >= 15 is 0 Å². The molecule has 2 rings (SSSR count). The van der Waals surface area contributed by atoms with Gasteiger partial charge in [0.1, 0.15) is 5.75 Å². The minimum atomic E-state index is -1.12. The van der Waals surface area contributed by atoms with E-state index in [2.05, 4.69) is 11.8 Å². The van der Waals surface area contributed by atoms with Crippen LogP contribution in [0.3, 0.4) is 0 Å². The highest BCUT2D eigenvalue weighted by atomic mass is 16.5. The first kappa shape index (κ1) is 14.0. The summed E-state index contributed by atoms with van der Waals surface area (Å²) < 4.78 is 5.16. The predicted octanol–water partition coefficient (Wildman–Crippen LogP) is 3.34. The van der Waals surface area contributed by atoms with Gasteiger partial charge < -0.3 is 9.84 Å². The number of ether oxygens (including phenoxy) is 1. The van der Waals surface area contributed by atoms with E-state index in [4.69, 9.17) is 4.74 Å². The fourth-order valence-electron chi connectivity index (χ4n) is 1.96. The van der Waals surface area contributed by atoms with E-state index in [1.807, 2.05) is 45.0 Å². The van der Waals surface area contributed by atoms with Crippen LogP contribution in [-0.4, -0.2) is 12.2 Å². The lowest BCUT2D eigenvalue weighted by atomic mass is 9.72. The van der Waals surface area contributed by atoms with Crippen LogP contribution >= 0.6 is 0 Å². The number of aliphatic hydroxyl groups is 1. The molecule has 1 aliphatic rings. The third kappa shape index (κ3) is 2.93. The second-order valence-electron chi connectivity index (χ2n) is 6.23. The van der Waals surface area contributed by atoms with Gasteiger partial charge in [-0.2, -0.15) is 0 Å². The van der Waals surface area contributed by atoms with Crippen LogP contribution in [0.15, 0.2) is 24.3 Å². The maximum atomic E-state index is 11.0. The Hall–Kier alpha value is -1.46. The lowest BCUT2D eigenvalue weighted by molar-refractivity contribution is -0.00914. The van der Waals surface area contributed by atoms with Crippen molar-refractivity contribution in [2.75, 3.05) is 7.11 Å². The summed E-state index contributed by atoms with van der Waals surface area (Å²) in [6, 6.07) is 7.52. The number of methoxy groups -OCH3 is 1. The SMILES string of the molecule is COc1ccc(C(O)(C#CC2CC2)C(C)(C)C)cc1. The molecule has 0 bridgehead atoms. The topological polar surface area (TPSA) is 29.5 Å². The standard InChI is InChI=1S/C17H22O2/c1-16(2,3)17(18,12-11-13-5-6-13)14-7-9-15(19-4)10-8-14/h7-10,13,18H,5-6H2,1-4H3. The monoisotopic (exact) mass is 258 g/mol. The molecule has 0 radical (unpaired) electrons. The molecule has 1 saturated carbocycles. The maximum absolute atomic E-state index is 11.0. The molecule has 0 amide bonds. The first-order valence-electron chi connectivity index (χ1n) is 6.76. The molecule has 1 aromatic rings.